The van der Waals surface area contributed by atoms with Gasteiger partial charge in [0.2, 0.25) is 0 Å². The van der Waals surface area contributed by atoms with Crippen molar-refractivity contribution in [2.45, 2.75) is 109 Å². The van der Waals surface area contributed by atoms with Crippen LogP contribution >= 0.6 is 0 Å². The summed E-state index contributed by atoms with van der Waals surface area (Å²) >= 11 is 0. The summed E-state index contributed by atoms with van der Waals surface area (Å²) in [4.78, 5) is 10.2. The first-order chi connectivity index (χ1) is 10.2. The van der Waals surface area contributed by atoms with Crippen LogP contribution in [0.5, 0.6) is 0 Å². The van der Waals surface area contributed by atoms with E-state index in [1.165, 1.54) is 44.9 Å². The number of rotatable bonds is 16. The maximum atomic E-state index is 11.7. The van der Waals surface area contributed by atoms with Gasteiger partial charge >= 0.3 is 19.5 Å². The molecule has 22 heavy (non-hydrogen) atoms. The zero-order valence-corrected chi connectivity index (χ0v) is 17.6. The minimum Gasteiger partial charge on any atom is -0.852 e. The molecule has 0 heterocycles. The molecule has 0 fully saturated rings. The van der Waals surface area contributed by atoms with Crippen LogP contribution in [0, 0.1) is 0 Å². The molecule has 0 spiro atoms. The molecule has 4 heteroatoms. The molecule has 0 N–H and O–H groups in total. The third-order valence-electron chi connectivity index (χ3n) is 4.04. The summed E-state index contributed by atoms with van der Waals surface area (Å²) in [7, 11) is 0. The molecule has 3 nitrogen and oxygen atoms in total. The predicted octanol–water partition coefficient (Wildman–Crippen LogP) is 3.33. The van der Waals surface area contributed by atoms with Crippen molar-refractivity contribution in [2.75, 3.05) is 0 Å². The number of hydrogen-bond acceptors (Lipinski definition) is 3. The van der Waals surface area contributed by atoms with E-state index in [-0.39, 0.29) is 32.0 Å². The first-order valence-corrected chi connectivity index (χ1v) is 9.02. The maximum absolute atomic E-state index is 11.7. The van der Waals surface area contributed by atoms with Gasteiger partial charge in [0.1, 0.15) is 0 Å². The number of carboxylic acid groups (broad SMARTS) is 1. The standard InChI is InChI=1S/C18H35O3.Zn/c1-2-3-4-11-14-17(19)15-12-9-7-5-6-8-10-13-16-18(20)21;/h17H,2-16H2,1H3,(H,20,21);/q-1;+2/p-1. The second-order valence-corrected chi connectivity index (χ2v) is 6.21. The van der Waals surface area contributed by atoms with E-state index in [9.17, 15) is 15.0 Å². The van der Waals surface area contributed by atoms with Gasteiger partial charge in [0.15, 0.2) is 0 Å². The molecule has 0 saturated heterocycles. The van der Waals surface area contributed by atoms with Crippen LogP contribution in [-0.4, -0.2) is 12.1 Å². The molecule has 126 valence electrons. The third-order valence-corrected chi connectivity index (χ3v) is 4.04. The summed E-state index contributed by atoms with van der Waals surface area (Å²) in [5.41, 5.74) is 0. The number of aliphatic carboxylic acids is 1. The number of carbonyl (C=O) groups excluding carboxylic acids is 1. The van der Waals surface area contributed by atoms with Crippen molar-refractivity contribution in [2.24, 2.45) is 0 Å². The molecular formula is C18H34O3Zn. The Hall–Kier alpha value is 0.0534. The quantitative estimate of drug-likeness (QED) is 0.312. The predicted molar refractivity (Wildman–Crippen MR) is 83.7 cm³/mol. The maximum Gasteiger partial charge on any atom is 2.00 e. The van der Waals surface area contributed by atoms with Crippen molar-refractivity contribution < 1.29 is 34.5 Å². The number of unbranched alkanes of at least 4 members (excludes halogenated alkanes) is 10. The van der Waals surface area contributed by atoms with Gasteiger partial charge in [-0.1, -0.05) is 90.4 Å². The van der Waals surface area contributed by atoms with Crippen molar-refractivity contribution >= 4 is 5.97 Å². The molecule has 0 aliphatic rings. The van der Waals surface area contributed by atoms with Gasteiger partial charge in [-0.05, 0) is 12.8 Å². The van der Waals surface area contributed by atoms with E-state index in [0.717, 1.165) is 44.9 Å². The second-order valence-electron chi connectivity index (χ2n) is 6.21. The number of carbonyl (C=O) groups is 1. The Balaban J connectivity index is 0. The molecule has 0 aliphatic carbocycles. The van der Waals surface area contributed by atoms with E-state index in [2.05, 4.69) is 6.92 Å². The molecule has 0 saturated carbocycles. The molecule has 0 aromatic rings. The zero-order chi connectivity index (χ0) is 15.8. The Bertz CT molecular complexity index is 234. The monoisotopic (exact) mass is 362 g/mol. The van der Waals surface area contributed by atoms with Crippen LogP contribution in [0.3, 0.4) is 0 Å². The van der Waals surface area contributed by atoms with Crippen LogP contribution in [0.4, 0.5) is 0 Å². The Morgan fingerprint density at radius 2 is 1.18 bits per heavy atom. The average molecular weight is 364 g/mol. The number of carboxylic acids is 1. The molecule has 0 rings (SSSR count). The van der Waals surface area contributed by atoms with Crippen LogP contribution in [0.15, 0.2) is 0 Å². The van der Waals surface area contributed by atoms with Gasteiger partial charge in [0.05, 0.1) is 0 Å². The topological polar surface area (TPSA) is 63.2 Å². The SMILES string of the molecule is CCCCCCC([O-])CCCCCCCCCCC(=O)[O-].[Zn+2]. The van der Waals surface area contributed by atoms with Crippen molar-refractivity contribution in [1.29, 1.82) is 0 Å². The van der Waals surface area contributed by atoms with Gasteiger partial charge in [0, 0.05) is 5.97 Å². The first-order valence-electron chi connectivity index (χ1n) is 9.02. The van der Waals surface area contributed by atoms with E-state index in [1.54, 1.807) is 0 Å². The van der Waals surface area contributed by atoms with E-state index in [1.807, 2.05) is 0 Å². The normalized spacial score (nSPS) is 11.9. The summed E-state index contributed by atoms with van der Waals surface area (Å²) in [5, 5.41) is 21.9. The zero-order valence-electron chi connectivity index (χ0n) is 14.6. The Labute approximate surface area is 150 Å². The fourth-order valence-corrected chi connectivity index (χ4v) is 2.65. The van der Waals surface area contributed by atoms with E-state index in [0.29, 0.717) is 0 Å². The Kier molecular flexibility index (Phi) is 21.1. The average Bonchev–Trinajstić information content (AvgIpc) is 2.45. The summed E-state index contributed by atoms with van der Waals surface area (Å²) in [6.07, 6.45) is 15.1. The molecule has 0 bridgehead atoms. The summed E-state index contributed by atoms with van der Waals surface area (Å²) in [5.74, 6) is -0.933. The van der Waals surface area contributed by atoms with Crippen molar-refractivity contribution in [3.05, 3.63) is 0 Å². The molecule has 0 aromatic carbocycles. The van der Waals surface area contributed by atoms with Crippen LogP contribution < -0.4 is 10.2 Å². The Morgan fingerprint density at radius 1 is 0.773 bits per heavy atom. The van der Waals surface area contributed by atoms with Gasteiger partial charge in [-0.25, -0.2) is 0 Å². The van der Waals surface area contributed by atoms with E-state index in [4.69, 9.17) is 0 Å². The molecule has 0 aromatic heterocycles. The second kappa shape index (κ2) is 19.1. The molecule has 0 amide bonds. The molecule has 1 atom stereocenters. The van der Waals surface area contributed by atoms with Crippen LogP contribution in [0.1, 0.15) is 103 Å². The fourth-order valence-electron chi connectivity index (χ4n) is 2.65. The minimum atomic E-state index is -0.933. The van der Waals surface area contributed by atoms with Crippen LogP contribution in [0.2, 0.25) is 0 Å². The van der Waals surface area contributed by atoms with Gasteiger partial charge in [-0.2, -0.15) is 0 Å². The molecular weight excluding hydrogens is 330 g/mol. The van der Waals surface area contributed by atoms with Crippen LogP contribution in [-0.2, 0) is 24.3 Å². The van der Waals surface area contributed by atoms with Gasteiger partial charge < -0.3 is 15.0 Å². The Morgan fingerprint density at radius 3 is 1.64 bits per heavy atom. The van der Waals surface area contributed by atoms with Gasteiger partial charge in [0.25, 0.3) is 0 Å². The van der Waals surface area contributed by atoms with E-state index >= 15 is 0 Å². The number of hydrogen-bond donors (Lipinski definition) is 0. The molecule has 0 aliphatic heterocycles. The smallest absolute Gasteiger partial charge is 0.852 e. The van der Waals surface area contributed by atoms with Crippen molar-refractivity contribution in [3.63, 3.8) is 0 Å². The minimum absolute atomic E-state index is 0. The van der Waals surface area contributed by atoms with E-state index < -0.39 is 5.97 Å². The largest absolute Gasteiger partial charge is 2.00 e. The first kappa shape index (κ1) is 24.3. The van der Waals surface area contributed by atoms with Crippen molar-refractivity contribution in [3.8, 4) is 0 Å². The third kappa shape index (κ3) is 20.1. The van der Waals surface area contributed by atoms with Gasteiger partial charge in [-0.3, -0.25) is 0 Å². The molecule has 0 radical (unpaired) electrons. The van der Waals surface area contributed by atoms with Gasteiger partial charge in [-0.15, -0.1) is 6.10 Å². The summed E-state index contributed by atoms with van der Waals surface area (Å²) < 4.78 is 0. The van der Waals surface area contributed by atoms with Crippen molar-refractivity contribution in [1.82, 2.24) is 0 Å². The summed E-state index contributed by atoms with van der Waals surface area (Å²) in [6.45, 7) is 2.19. The van der Waals surface area contributed by atoms with Crippen LogP contribution in [0.25, 0.3) is 0 Å². The fraction of sp³-hybridized carbons (Fsp3) is 0.944. The molecule has 1 unspecified atom stereocenters. The summed E-state index contributed by atoms with van der Waals surface area (Å²) in [6, 6.07) is 0.